The highest BCUT2D eigenvalue weighted by Crippen LogP contribution is 2.22. The Labute approximate surface area is 77.2 Å². The highest BCUT2D eigenvalue weighted by Gasteiger charge is 2.03. The average molecular weight is 173 g/mol. The number of aryl methyl sites for hydroxylation is 1. The topological polar surface area (TPSA) is 26.0 Å². The molecule has 0 aliphatic heterocycles. The molecule has 0 amide bonds. The van der Waals surface area contributed by atoms with Crippen molar-refractivity contribution >= 4 is 0 Å². The van der Waals surface area contributed by atoms with Crippen molar-refractivity contribution in [3.8, 4) is 11.1 Å². The second-order valence-corrected chi connectivity index (χ2v) is 2.92. The van der Waals surface area contributed by atoms with Crippen LogP contribution in [0.3, 0.4) is 0 Å². The molecule has 0 aliphatic rings. The third kappa shape index (κ3) is 1.47. The van der Waals surface area contributed by atoms with Crippen LogP contribution in [0.4, 0.5) is 0 Å². The zero-order valence-corrected chi connectivity index (χ0v) is 7.53. The van der Waals surface area contributed by atoms with Crippen LogP contribution in [0, 0.1) is 0 Å². The summed E-state index contributed by atoms with van der Waals surface area (Å²) in [6.07, 6.45) is 4.45. The van der Waals surface area contributed by atoms with Gasteiger partial charge in [0, 0.05) is 5.56 Å². The van der Waals surface area contributed by atoms with Crippen molar-refractivity contribution in [2.24, 2.45) is 0 Å². The van der Waals surface area contributed by atoms with E-state index in [4.69, 9.17) is 4.52 Å². The van der Waals surface area contributed by atoms with E-state index in [0.29, 0.717) is 0 Å². The Morgan fingerprint density at radius 1 is 1.31 bits per heavy atom. The highest BCUT2D eigenvalue weighted by atomic mass is 16.5. The van der Waals surface area contributed by atoms with Crippen LogP contribution in [0.2, 0.25) is 0 Å². The van der Waals surface area contributed by atoms with Gasteiger partial charge in [0.2, 0.25) is 0 Å². The summed E-state index contributed by atoms with van der Waals surface area (Å²) >= 11 is 0. The van der Waals surface area contributed by atoms with Crippen molar-refractivity contribution < 1.29 is 4.52 Å². The predicted molar refractivity (Wildman–Crippen MR) is 51.3 cm³/mol. The van der Waals surface area contributed by atoms with Crippen molar-refractivity contribution in [2.75, 3.05) is 0 Å². The lowest BCUT2D eigenvalue weighted by Gasteiger charge is -2.03. The number of nitrogens with zero attached hydrogens (tertiary/aromatic N) is 1. The molecule has 0 radical (unpaired) electrons. The van der Waals surface area contributed by atoms with Crippen LogP contribution in [0.5, 0.6) is 0 Å². The molecule has 66 valence electrons. The number of hydrogen-bond acceptors (Lipinski definition) is 2. The second kappa shape index (κ2) is 3.44. The first-order valence-corrected chi connectivity index (χ1v) is 4.39. The molecule has 0 atom stereocenters. The number of rotatable bonds is 2. The minimum atomic E-state index is 1.03. The molecule has 0 saturated carbocycles. The van der Waals surface area contributed by atoms with E-state index in [1.807, 2.05) is 6.07 Å². The van der Waals surface area contributed by atoms with E-state index >= 15 is 0 Å². The van der Waals surface area contributed by atoms with Gasteiger partial charge < -0.3 is 4.52 Å². The molecule has 2 nitrogen and oxygen atoms in total. The second-order valence-electron chi connectivity index (χ2n) is 2.92. The molecule has 0 spiro atoms. The molecule has 0 aliphatic carbocycles. The largest absolute Gasteiger partial charge is 0.364 e. The van der Waals surface area contributed by atoms with Gasteiger partial charge in [-0.2, -0.15) is 0 Å². The molecule has 1 aromatic heterocycles. The van der Waals surface area contributed by atoms with Gasteiger partial charge in [-0.1, -0.05) is 36.3 Å². The van der Waals surface area contributed by atoms with Gasteiger partial charge in [0.25, 0.3) is 0 Å². The van der Waals surface area contributed by atoms with Gasteiger partial charge in [-0.3, -0.25) is 0 Å². The van der Waals surface area contributed by atoms with Gasteiger partial charge in [-0.15, -0.1) is 0 Å². The molecule has 1 aromatic carbocycles. The molecule has 0 bridgehead atoms. The minimum absolute atomic E-state index is 1.03. The molecule has 0 fully saturated rings. The van der Waals surface area contributed by atoms with E-state index in [-0.39, 0.29) is 0 Å². The summed E-state index contributed by atoms with van der Waals surface area (Å²) in [6.45, 7) is 2.15. The van der Waals surface area contributed by atoms with Crippen LogP contribution in [-0.4, -0.2) is 5.16 Å². The first kappa shape index (κ1) is 8.05. The first-order chi connectivity index (χ1) is 6.42. The zero-order chi connectivity index (χ0) is 9.10. The lowest BCUT2D eigenvalue weighted by molar-refractivity contribution is 0.420. The summed E-state index contributed by atoms with van der Waals surface area (Å²) in [5.41, 5.74) is 3.59. The Kier molecular flexibility index (Phi) is 2.13. The normalized spacial score (nSPS) is 10.2. The molecule has 0 N–H and O–H groups in total. The van der Waals surface area contributed by atoms with Crippen LogP contribution in [0.1, 0.15) is 12.5 Å². The van der Waals surface area contributed by atoms with Gasteiger partial charge in [-0.25, -0.2) is 0 Å². The third-order valence-electron chi connectivity index (χ3n) is 2.14. The van der Waals surface area contributed by atoms with Crippen molar-refractivity contribution in [3.05, 3.63) is 42.3 Å². The summed E-state index contributed by atoms with van der Waals surface area (Å²) < 4.78 is 4.82. The van der Waals surface area contributed by atoms with E-state index in [0.717, 1.165) is 12.0 Å². The van der Waals surface area contributed by atoms with E-state index < -0.39 is 0 Å². The van der Waals surface area contributed by atoms with Crippen LogP contribution < -0.4 is 0 Å². The molecule has 0 saturated heterocycles. The molecule has 2 aromatic rings. The lowest BCUT2D eigenvalue weighted by atomic mass is 10.0. The molecular formula is C11H11NO. The number of aromatic nitrogens is 1. The molecule has 13 heavy (non-hydrogen) atoms. The lowest BCUT2D eigenvalue weighted by Crippen LogP contribution is -1.84. The minimum Gasteiger partial charge on any atom is -0.364 e. The Morgan fingerprint density at radius 3 is 2.85 bits per heavy atom. The Bertz CT molecular complexity index is 379. The maximum Gasteiger partial charge on any atom is 0.131 e. The smallest absolute Gasteiger partial charge is 0.131 e. The molecule has 2 rings (SSSR count). The van der Waals surface area contributed by atoms with Gasteiger partial charge in [-0.05, 0) is 17.5 Å². The maximum atomic E-state index is 4.82. The number of benzene rings is 1. The van der Waals surface area contributed by atoms with E-state index in [9.17, 15) is 0 Å². The van der Waals surface area contributed by atoms with E-state index in [2.05, 4.69) is 30.3 Å². The Balaban J connectivity index is 2.51. The van der Waals surface area contributed by atoms with Gasteiger partial charge in [0.1, 0.15) is 6.26 Å². The summed E-state index contributed by atoms with van der Waals surface area (Å²) in [5.74, 6) is 0. The Hall–Kier alpha value is -1.57. The molecule has 1 heterocycles. The van der Waals surface area contributed by atoms with Crippen molar-refractivity contribution in [1.29, 1.82) is 0 Å². The fraction of sp³-hybridized carbons (Fsp3) is 0.182. The standard InChI is InChI=1S/C11H11NO/c1-2-9-5-3-4-6-11(9)10-7-12-13-8-10/h3-8H,2H2,1H3. The van der Waals surface area contributed by atoms with E-state index in [1.165, 1.54) is 11.1 Å². The molecule has 0 unspecified atom stereocenters. The van der Waals surface area contributed by atoms with Gasteiger partial charge in [0.15, 0.2) is 0 Å². The van der Waals surface area contributed by atoms with Crippen LogP contribution in [-0.2, 0) is 6.42 Å². The summed E-state index contributed by atoms with van der Waals surface area (Å²) in [5, 5.41) is 3.70. The summed E-state index contributed by atoms with van der Waals surface area (Å²) in [7, 11) is 0. The highest BCUT2D eigenvalue weighted by molar-refractivity contribution is 5.65. The van der Waals surface area contributed by atoms with Crippen molar-refractivity contribution in [2.45, 2.75) is 13.3 Å². The van der Waals surface area contributed by atoms with E-state index in [1.54, 1.807) is 12.5 Å². The van der Waals surface area contributed by atoms with Crippen molar-refractivity contribution in [1.82, 2.24) is 5.16 Å². The van der Waals surface area contributed by atoms with Gasteiger partial charge in [0.05, 0.1) is 6.20 Å². The predicted octanol–water partition coefficient (Wildman–Crippen LogP) is 2.90. The SMILES string of the molecule is CCc1ccccc1-c1cnoc1. The maximum absolute atomic E-state index is 4.82. The first-order valence-electron chi connectivity index (χ1n) is 4.39. The third-order valence-corrected chi connectivity index (χ3v) is 2.14. The fourth-order valence-electron chi connectivity index (χ4n) is 1.45. The van der Waals surface area contributed by atoms with Crippen LogP contribution in [0.15, 0.2) is 41.2 Å². The van der Waals surface area contributed by atoms with Crippen LogP contribution >= 0.6 is 0 Å². The Morgan fingerprint density at radius 2 is 2.15 bits per heavy atom. The molecule has 2 heteroatoms. The van der Waals surface area contributed by atoms with Gasteiger partial charge >= 0.3 is 0 Å². The summed E-state index contributed by atoms with van der Waals surface area (Å²) in [6, 6.07) is 8.30. The monoisotopic (exact) mass is 173 g/mol. The number of hydrogen-bond donors (Lipinski definition) is 0. The average Bonchev–Trinajstić information content (AvgIpc) is 2.70. The quantitative estimate of drug-likeness (QED) is 0.697. The zero-order valence-electron chi connectivity index (χ0n) is 7.53. The molecular weight excluding hydrogens is 162 g/mol. The van der Waals surface area contributed by atoms with Crippen molar-refractivity contribution in [3.63, 3.8) is 0 Å². The van der Waals surface area contributed by atoms with Crippen LogP contribution in [0.25, 0.3) is 11.1 Å². The fourth-order valence-corrected chi connectivity index (χ4v) is 1.45. The summed E-state index contributed by atoms with van der Waals surface area (Å²) in [4.78, 5) is 0.